The summed E-state index contributed by atoms with van der Waals surface area (Å²) in [5, 5.41) is 0.761. The standard InChI is InChI=1S/C18H19ClN2/c19-16-11-9-15(10-12-16)18-20-13-5-2-6-14-21(18)17-7-3-1-4-8-17/h1,3-4,7-12H,2,5-6,13-14H2. The monoisotopic (exact) mass is 298 g/mol. The summed E-state index contributed by atoms with van der Waals surface area (Å²) in [6.45, 7) is 1.90. The van der Waals surface area contributed by atoms with Gasteiger partial charge in [-0.15, -0.1) is 0 Å². The molecule has 0 unspecified atom stereocenters. The Morgan fingerprint density at radius 2 is 1.62 bits per heavy atom. The molecule has 2 nitrogen and oxygen atoms in total. The summed E-state index contributed by atoms with van der Waals surface area (Å²) in [6.07, 6.45) is 3.60. The Balaban J connectivity index is 2.00. The molecule has 1 heterocycles. The Bertz CT molecular complexity index is 605. The van der Waals surface area contributed by atoms with E-state index >= 15 is 0 Å². The van der Waals surface area contributed by atoms with Crippen molar-refractivity contribution in [2.45, 2.75) is 19.3 Å². The molecule has 3 rings (SSSR count). The van der Waals surface area contributed by atoms with Crippen molar-refractivity contribution in [1.29, 1.82) is 0 Å². The van der Waals surface area contributed by atoms with E-state index in [2.05, 4.69) is 41.3 Å². The maximum absolute atomic E-state index is 6.01. The molecule has 0 aliphatic carbocycles. The molecular weight excluding hydrogens is 280 g/mol. The van der Waals surface area contributed by atoms with Crippen LogP contribution < -0.4 is 4.90 Å². The lowest BCUT2D eigenvalue weighted by molar-refractivity contribution is 0.676. The highest BCUT2D eigenvalue weighted by Gasteiger charge is 2.16. The minimum absolute atomic E-state index is 0.761. The van der Waals surface area contributed by atoms with Crippen molar-refractivity contribution in [3.05, 3.63) is 65.2 Å². The van der Waals surface area contributed by atoms with Gasteiger partial charge in [-0.25, -0.2) is 0 Å². The highest BCUT2D eigenvalue weighted by molar-refractivity contribution is 6.30. The normalized spacial score (nSPS) is 16.0. The summed E-state index contributed by atoms with van der Waals surface area (Å²) in [4.78, 5) is 7.16. The van der Waals surface area contributed by atoms with Gasteiger partial charge >= 0.3 is 0 Å². The molecule has 0 radical (unpaired) electrons. The van der Waals surface area contributed by atoms with E-state index in [1.165, 1.54) is 24.9 Å². The van der Waals surface area contributed by atoms with Crippen molar-refractivity contribution >= 4 is 23.1 Å². The molecule has 3 heteroatoms. The summed E-state index contributed by atoms with van der Waals surface area (Å²) in [5.74, 6) is 1.05. The summed E-state index contributed by atoms with van der Waals surface area (Å²) in [6, 6.07) is 18.5. The van der Waals surface area contributed by atoms with E-state index in [1.54, 1.807) is 0 Å². The predicted octanol–water partition coefficient (Wildman–Crippen LogP) is 4.78. The largest absolute Gasteiger partial charge is 0.326 e. The van der Waals surface area contributed by atoms with Crippen LogP contribution in [-0.2, 0) is 0 Å². The van der Waals surface area contributed by atoms with Crippen LogP contribution in [0.15, 0.2) is 59.6 Å². The molecule has 0 spiro atoms. The lowest BCUT2D eigenvalue weighted by atomic mass is 10.1. The predicted molar refractivity (Wildman–Crippen MR) is 90.5 cm³/mol. The second kappa shape index (κ2) is 6.77. The van der Waals surface area contributed by atoms with Crippen LogP contribution in [0.1, 0.15) is 24.8 Å². The van der Waals surface area contributed by atoms with Crippen molar-refractivity contribution in [3.63, 3.8) is 0 Å². The molecule has 0 aromatic heterocycles. The number of amidine groups is 1. The quantitative estimate of drug-likeness (QED) is 0.779. The van der Waals surface area contributed by atoms with Crippen molar-refractivity contribution in [2.75, 3.05) is 18.0 Å². The number of para-hydroxylation sites is 1. The molecule has 108 valence electrons. The molecule has 0 saturated heterocycles. The van der Waals surface area contributed by atoms with Gasteiger partial charge in [0.25, 0.3) is 0 Å². The van der Waals surface area contributed by atoms with Crippen molar-refractivity contribution in [2.24, 2.45) is 4.99 Å². The maximum Gasteiger partial charge on any atom is 0.135 e. The molecule has 0 fully saturated rings. The Hall–Kier alpha value is -1.80. The second-order valence-electron chi connectivity index (χ2n) is 5.26. The first kappa shape index (κ1) is 14.2. The Morgan fingerprint density at radius 1 is 0.857 bits per heavy atom. The number of hydrogen-bond acceptors (Lipinski definition) is 2. The van der Waals surface area contributed by atoms with Gasteiger partial charge in [0.2, 0.25) is 0 Å². The number of halogens is 1. The lowest BCUT2D eigenvalue weighted by Crippen LogP contribution is -2.34. The third-order valence-corrected chi connectivity index (χ3v) is 3.98. The van der Waals surface area contributed by atoms with Gasteiger partial charge in [-0.05, 0) is 55.7 Å². The van der Waals surface area contributed by atoms with E-state index in [0.717, 1.165) is 29.5 Å². The average Bonchev–Trinajstić information content (AvgIpc) is 2.49. The number of aliphatic imine (C=N–C) groups is 1. The van der Waals surface area contributed by atoms with E-state index in [1.807, 2.05) is 18.2 Å². The fourth-order valence-corrected chi connectivity index (χ4v) is 2.77. The minimum Gasteiger partial charge on any atom is -0.326 e. The second-order valence-corrected chi connectivity index (χ2v) is 5.70. The third-order valence-electron chi connectivity index (χ3n) is 3.73. The van der Waals surface area contributed by atoms with E-state index in [-0.39, 0.29) is 0 Å². The molecule has 2 aromatic rings. The third kappa shape index (κ3) is 3.45. The number of anilines is 1. The zero-order chi connectivity index (χ0) is 14.5. The van der Waals surface area contributed by atoms with Crippen molar-refractivity contribution in [3.8, 4) is 0 Å². The fourth-order valence-electron chi connectivity index (χ4n) is 2.64. The SMILES string of the molecule is Clc1ccc(C2=NCCCCCN2c2ccccc2)cc1. The fraction of sp³-hybridized carbons (Fsp3) is 0.278. The van der Waals surface area contributed by atoms with Crippen LogP contribution in [0.3, 0.4) is 0 Å². The van der Waals surface area contributed by atoms with Gasteiger partial charge in [0, 0.05) is 29.4 Å². The van der Waals surface area contributed by atoms with Crippen LogP contribution in [0.2, 0.25) is 5.02 Å². The van der Waals surface area contributed by atoms with Crippen LogP contribution in [-0.4, -0.2) is 18.9 Å². The average molecular weight is 299 g/mol. The molecule has 0 amide bonds. The van der Waals surface area contributed by atoms with Gasteiger partial charge in [-0.3, -0.25) is 4.99 Å². The minimum atomic E-state index is 0.761. The number of rotatable bonds is 2. The maximum atomic E-state index is 6.01. The first-order valence-corrected chi connectivity index (χ1v) is 7.85. The Labute approximate surface area is 131 Å². The van der Waals surface area contributed by atoms with Gasteiger partial charge in [-0.1, -0.05) is 29.8 Å². The van der Waals surface area contributed by atoms with Gasteiger partial charge in [0.1, 0.15) is 5.84 Å². The Kier molecular flexibility index (Phi) is 4.56. The first-order chi connectivity index (χ1) is 10.3. The molecule has 1 aliphatic heterocycles. The summed E-state index contributed by atoms with van der Waals surface area (Å²) < 4.78 is 0. The molecule has 0 saturated carbocycles. The van der Waals surface area contributed by atoms with Gasteiger partial charge in [0.05, 0.1) is 0 Å². The van der Waals surface area contributed by atoms with E-state index < -0.39 is 0 Å². The zero-order valence-corrected chi connectivity index (χ0v) is 12.8. The van der Waals surface area contributed by atoms with Crippen molar-refractivity contribution in [1.82, 2.24) is 0 Å². The van der Waals surface area contributed by atoms with Crippen LogP contribution >= 0.6 is 11.6 Å². The summed E-state index contributed by atoms with van der Waals surface area (Å²) in [5.41, 5.74) is 2.33. The van der Waals surface area contributed by atoms with Crippen LogP contribution in [0.5, 0.6) is 0 Å². The first-order valence-electron chi connectivity index (χ1n) is 7.47. The molecular formula is C18H19ClN2. The van der Waals surface area contributed by atoms with Gasteiger partial charge < -0.3 is 4.90 Å². The van der Waals surface area contributed by atoms with Gasteiger partial charge in [0.15, 0.2) is 0 Å². The molecule has 0 N–H and O–H groups in total. The van der Waals surface area contributed by atoms with Crippen LogP contribution in [0, 0.1) is 0 Å². The van der Waals surface area contributed by atoms with Gasteiger partial charge in [-0.2, -0.15) is 0 Å². The van der Waals surface area contributed by atoms with E-state index in [9.17, 15) is 0 Å². The van der Waals surface area contributed by atoms with Crippen LogP contribution in [0.4, 0.5) is 5.69 Å². The summed E-state index contributed by atoms with van der Waals surface area (Å²) in [7, 11) is 0. The highest BCUT2D eigenvalue weighted by Crippen LogP contribution is 2.21. The number of benzene rings is 2. The molecule has 0 atom stereocenters. The van der Waals surface area contributed by atoms with E-state index in [4.69, 9.17) is 16.6 Å². The number of hydrogen-bond donors (Lipinski definition) is 0. The zero-order valence-electron chi connectivity index (χ0n) is 12.0. The highest BCUT2D eigenvalue weighted by atomic mass is 35.5. The molecule has 1 aliphatic rings. The molecule has 21 heavy (non-hydrogen) atoms. The topological polar surface area (TPSA) is 15.6 Å². The van der Waals surface area contributed by atoms with Crippen molar-refractivity contribution < 1.29 is 0 Å². The molecule has 0 bridgehead atoms. The lowest BCUT2D eigenvalue weighted by Gasteiger charge is -2.28. The smallest absolute Gasteiger partial charge is 0.135 e. The summed E-state index contributed by atoms with van der Waals surface area (Å²) >= 11 is 6.01. The van der Waals surface area contributed by atoms with E-state index in [0.29, 0.717) is 0 Å². The molecule has 2 aromatic carbocycles. The Morgan fingerprint density at radius 3 is 2.38 bits per heavy atom. The van der Waals surface area contributed by atoms with Crippen LogP contribution in [0.25, 0.3) is 0 Å². The number of nitrogens with zero attached hydrogens (tertiary/aromatic N) is 2.